The number of amides is 1. The lowest BCUT2D eigenvalue weighted by Crippen LogP contribution is -2.29. The van der Waals surface area contributed by atoms with E-state index in [1.165, 1.54) is 24.1 Å². The number of aliphatic hydroxyl groups excluding tert-OH is 1. The van der Waals surface area contributed by atoms with Crippen LogP contribution in [-0.2, 0) is 9.59 Å². The second-order valence-corrected chi connectivity index (χ2v) is 7.34. The second kappa shape index (κ2) is 8.24. The van der Waals surface area contributed by atoms with Gasteiger partial charge in [0.15, 0.2) is 0 Å². The Bertz CT molecular complexity index is 1210. The lowest BCUT2D eigenvalue weighted by atomic mass is 9.95. The lowest BCUT2D eigenvalue weighted by molar-refractivity contribution is -0.132. The fourth-order valence-electron chi connectivity index (χ4n) is 3.69. The first-order chi connectivity index (χ1) is 14.9. The van der Waals surface area contributed by atoms with Crippen LogP contribution in [0.15, 0.2) is 78.4 Å². The highest BCUT2D eigenvalue weighted by Gasteiger charge is 2.47. The van der Waals surface area contributed by atoms with E-state index in [2.05, 4.69) is 0 Å². The minimum absolute atomic E-state index is 0.0208. The van der Waals surface area contributed by atoms with Crippen LogP contribution in [0.1, 0.15) is 17.2 Å². The van der Waals surface area contributed by atoms with E-state index in [9.17, 15) is 19.1 Å². The van der Waals surface area contributed by atoms with Crippen molar-refractivity contribution in [2.75, 3.05) is 12.0 Å². The summed E-state index contributed by atoms with van der Waals surface area (Å²) in [7, 11) is 1.36. The van der Waals surface area contributed by atoms with Crippen LogP contribution in [-0.4, -0.2) is 23.9 Å². The Morgan fingerprint density at radius 3 is 2.45 bits per heavy atom. The van der Waals surface area contributed by atoms with Gasteiger partial charge in [-0.25, -0.2) is 4.39 Å². The van der Waals surface area contributed by atoms with E-state index in [4.69, 9.17) is 16.3 Å². The molecule has 31 heavy (non-hydrogen) atoms. The molecule has 0 aromatic heterocycles. The van der Waals surface area contributed by atoms with Crippen molar-refractivity contribution in [3.05, 3.63) is 100 Å². The van der Waals surface area contributed by atoms with Crippen molar-refractivity contribution in [1.82, 2.24) is 0 Å². The SMILES string of the molecule is COc1ccc(F)cc1/C(O)=C1\C(=O)C(=O)N(c2cccc(Cl)c2)C1c1ccccc1. The molecule has 0 bridgehead atoms. The van der Waals surface area contributed by atoms with E-state index in [0.29, 0.717) is 16.3 Å². The summed E-state index contributed by atoms with van der Waals surface area (Å²) in [6.45, 7) is 0. The van der Waals surface area contributed by atoms with E-state index in [1.807, 2.05) is 0 Å². The molecule has 1 heterocycles. The molecule has 3 aromatic rings. The number of rotatable bonds is 4. The second-order valence-electron chi connectivity index (χ2n) is 6.90. The highest BCUT2D eigenvalue weighted by atomic mass is 35.5. The predicted molar refractivity (Wildman–Crippen MR) is 116 cm³/mol. The van der Waals surface area contributed by atoms with Gasteiger partial charge in [-0.3, -0.25) is 14.5 Å². The van der Waals surface area contributed by atoms with Crippen LogP contribution in [0.25, 0.3) is 5.76 Å². The summed E-state index contributed by atoms with van der Waals surface area (Å²) in [6.07, 6.45) is 0. The molecule has 0 radical (unpaired) electrons. The molecule has 1 fully saturated rings. The molecule has 156 valence electrons. The zero-order valence-electron chi connectivity index (χ0n) is 16.4. The molecule has 7 heteroatoms. The van der Waals surface area contributed by atoms with E-state index in [1.54, 1.807) is 54.6 Å². The van der Waals surface area contributed by atoms with Crippen molar-refractivity contribution in [2.45, 2.75) is 6.04 Å². The van der Waals surface area contributed by atoms with Gasteiger partial charge in [-0.15, -0.1) is 0 Å². The molecule has 4 rings (SSSR count). The highest BCUT2D eigenvalue weighted by molar-refractivity contribution is 6.51. The topological polar surface area (TPSA) is 66.8 Å². The standard InChI is InChI=1S/C24H17ClFNO4/c1-31-19-11-10-16(26)13-18(19)22(28)20-21(14-6-3-2-4-7-14)27(24(30)23(20)29)17-9-5-8-15(25)12-17/h2-13,21,28H,1H3/b22-20+. The number of hydrogen-bond donors (Lipinski definition) is 1. The maximum absolute atomic E-state index is 13.9. The molecule has 1 saturated heterocycles. The summed E-state index contributed by atoms with van der Waals surface area (Å²) in [5.74, 6) is -2.69. The summed E-state index contributed by atoms with van der Waals surface area (Å²) in [5, 5.41) is 11.5. The van der Waals surface area contributed by atoms with Crippen molar-refractivity contribution >= 4 is 34.7 Å². The van der Waals surface area contributed by atoms with Crippen LogP contribution >= 0.6 is 11.6 Å². The number of carbonyl (C=O) groups excluding carboxylic acids is 2. The van der Waals surface area contributed by atoms with E-state index < -0.39 is 29.3 Å². The number of anilines is 1. The number of Topliss-reactive ketones (excluding diaryl/α,β-unsaturated/α-hetero) is 1. The molecular formula is C24H17ClFNO4. The largest absolute Gasteiger partial charge is 0.507 e. The van der Waals surface area contributed by atoms with Gasteiger partial charge in [0, 0.05) is 10.7 Å². The highest BCUT2D eigenvalue weighted by Crippen LogP contribution is 2.43. The van der Waals surface area contributed by atoms with Gasteiger partial charge in [0.1, 0.15) is 17.3 Å². The molecule has 3 aromatic carbocycles. The predicted octanol–water partition coefficient (Wildman–Crippen LogP) is 5.11. The number of methoxy groups -OCH3 is 1. The third-order valence-corrected chi connectivity index (χ3v) is 5.30. The average Bonchev–Trinajstić information content (AvgIpc) is 3.04. The molecule has 0 spiro atoms. The van der Waals surface area contributed by atoms with Crippen molar-refractivity contribution in [3.63, 3.8) is 0 Å². The van der Waals surface area contributed by atoms with Gasteiger partial charge in [0.05, 0.1) is 24.3 Å². The van der Waals surface area contributed by atoms with Crippen LogP contribution < -0.4 is 9.64 Å². The number of nitrogens with zero attached hydrogens (tertiary/aromatic N) is 1. The molecule has 0 saturated carbocycles. The molecule has 1 aliphatic rings. The quantitative estimate of drug-likeness (QED) is 0.350. The van der Waals surface area contributed by atoms with Gasteiger partial charge < -0.3 is 9.84 Å². The summed E-state index contributed by atoms with van der Waals surface area (Å²) in [6, 6.07) is 18.0. The van der Waals surface area contributed by atoms with Crippen molar-refractivity contribution in [3.8, 4) is 5.75 Å². The van der Waals surface area contributed by atoms with Gasteiger partial charge >= 0.3 is 0 Å². The third-order valence-electron chi connectivity index (χ3n) is 5.06. The summed E-state index contributed by atoms with van der Waals surface area (Å²) >= 11 is 6.11. The van der Waals surface area contributed by atoms with Crippen LogP contribution in [0.2, 0.25) is 5.02 Å². The average molecular weight is 438 g/mol. The molecule has 0 aliphatic carbocycles. The molecule has 1 aliphatic heterocycles. The Labute approximate surface area is 182 Å². The van der Waals surface area contributed by atoms with E-state index in [-0.39, 0.29) is 16.9 Å². The normalized spacial score (nSPS) is 17.8. The van der Waals surface area contributed by atoms with Gasteiger partial charge in [-0.1, -0.05) is 48.0 Å². The van der Waals surface area contributed by atoms with Crippen LogP contribution in [0, 0.1) is 5.82 Å². The first kappa shape index (κ1) is 20.6. The Kier molecular flexibility index (Phi) is 5.48. The number of benzene rings is 3. The first-order valence-electron chi connectivity index (χ1n) is 9.38. The number of ketones is 1. The summed E-state index contributed by atoms with van der Waals surface area (Å²) < 4.78 is 19.2. The zero-order valence-corrected chi connectivity index (χ0v) is 17.1. The molecule has 5 nitrogen and oxygen atoms in total. The van der Waals surface area contributed by atoms with Crippen molar-refractivity contribution in [1.29, 1.82) is 0 Å². The number of halogens is 2. The zero-order chi connectivity index (χ0) is 22.1. The molecular weight excluding hydrogens is 421 g/mol. The monoisotopic (exact) mass is 437 g/mol. The molecule has 1 N–H and O–H groups in total. The van der Waals surface area contributed by atoms with Crippen molar-refractivity contribution in [2.24, 2.45) is 0 Å². The fraction of sp³-hybridized carbons (Fsp3) is 0.0833. The van der Waals surface area contributed by atoms with E-state index in [0.717, 1.165) is 6.07 Å². The Balaban J connectivity index is 1.99. The fourth-order valence-corrected chi connectivity index (χ4v) is 3.87. The van der Waals surface area contributed by atoms with E-state index >= 15 is 0 Å². The smallest absolute Gasteiger partial charge is 0.300 e. The maximum atomic E-state index is 13.9. The minimum Gasteiger partial charge on any atom is -0.507 e. The third kappa shape index (κ3) is 3.66. The Morgan fingerprint density at radius 2 is 1.77 bits per heavy atom. The molecule has 1 unspecified atom stereocenters. The number of hydrogen-bond acceptors (Lipinski definition) is 4. The molecule has 1 atom stereocenters. The van der Waals surface area contributed by atoms with Gasteiger partial charge in [-0.05, 0) is 42.0 Å². The van der Waals surface area contributed by atoms with Crippen LogP contribution in [0.4, 0.5) is 10.1 Å². The summed E-state index contributed by atoms with van der Waals surface area (Å²) in [5.41, 5.74) is 0.805. The number of ether oxygens (including phenoxy) is 1. The lowest BCUT2D eigenvalue weighted by Gasteiger charge is -2.25. The van der Waals surface area contributed by atoms with Gasteiger partial charge in [-0.2, -0.15) is 0 Å². The van der Waals surface area contributed by atoms with Crippen LogP contribution in [0.5, 0.6) is 5.75 Å². The minimum atomic E-state index is -0.937. The first-order valence-corrected chi connectivity index (χ1v) is 9.75. The summed E-state index contributed by atoms with van der Waals surface area (Å²) in [4.78, 5) is 27.4. The number of carbonyl (C=O) groups is 2. The van der Waals surface area contributed by atoms with Gasteiger partial charge in [0.25, 0.3) is 11.7 Å². The number of aliphatic hydroxyl groups is 1. The molecule has 1 amide bonds. The van der Waals surface area contributed by atoms with Crippen LogP contribution in [0.3, 0.4) is 0 Å². The Morgan fingerprint density at radius 1 is 1.03 bits per heavy atom. The van der Waals surface area contributed by atoms with Gasteiger partial charge in [0.2, 0.25) is 0 Å². The Hall–Kier alpha value is -3.64. The van der Waals surface area contributed by atoms with Crippen molar-refractivity contribution < 1.29 is 23.8 Å². The maximum Gasteiger partial charge on any atom is 0.300 e.